The Balaban J connectivity index is 1.56. The molecule has 3 aromatic rings. The lowest BCUT2D eigenvalue weighted by Crippen LogP contribution is -2.28. The van der Waals surface area contributed by atoms with Crippen LogP contribution in [0.15, 0.2) is 48.5 Å². The summed E-state index contributed by atoms with van der Waals surface area (Å²) in [5, 5.41) is 7.17. The summed E-state index contributed by atoms with van der Waals surface area (Å²) in [4.78, 5) is 15.5. The molecule has 25 heavy (non-hydrogen) atoms. The third-order valence-electron chi connectivity index (χ3n) is 4.74. The first kappa shape index (κ1) is 15.8. The molecule has 1 aromatic heterocycles. The zero-order valence-corrected chi connectivity index (χ0v) is 13.8. The van der Waals surface area contributed by atoms with Crippen LogP contribution in [0.1, 0.15) is 34.8 Å². The number of rotatable bonds is 3. The molecule has 1 fully saturated rings. The van der Waals surface area contributed by atoms with Gasteiger partial charge >= 0.3 is 0 Å². The molecule has 0 saturated carbocycles. The van der Waals surface area contributed by atoms with Crippen LogP contribution < -0.4 is 10.6 Å². The van der Waals surface area contributed by atoms with E-state index in [4.69, 9.17) is 0 Å². The molecule has 0 unspecified atom stereocenters. The quantitative estimate of drug-likeness (QED) is 0.676. The van der Waals surface area contributed by atoms with E-state index in [9.17, 15) is 9.18 Å². The van der Waals surface area contributed by atoms with E-state index < -0.39 is 0 Å². The van der Waals surface area contributed by atoms with Crippen LogP contribution in [-0.4, -0.2) is 24.0 Å². The Kier molecular flexibility index (Phi) is 4.24. The van der Waals surface area contributed by atoms with Gasteiger partial charge in [-0.2, -0.15) is 0 Å². The Labute approximate surface area is 145 Å². The maximum absolute atomic E-state index is 13.2. The summed E-state index contributed by atoms with van der Waals surface area (Å²) in [6.45, 7) is 2.09. The molecule has 128 valence electrons. The van der Waals surface area contributed by atoms with E-state index in [0.717, 1.165) is 24.0 Å². The highest BCUT2D eigenvalue weighted by atomic mass is 19.1. The lowest BCUT2D eigenvalue weighted by atomic mass is 9.91. The molecule has 4 nitrogen and oxygen atoms in total. The number of fused-ring (bicyclic) bond motifs is 1. The molecule has 1 amide bonds. The number of aromatic nitrogens is 1. The van der Waals surface area contributed by atoms with E-state index in [2.05, 4.69) is 27.8 Å². The number of benzene rings is 2. The van der Waals surface area contributed by atoms with Gasteiger partial charge < -0.3 is 15.6 Å². The number of nitrogens with one attached hydrogen (secondary N) is 3. The van der Waals surface area contributed by atoms with Crippen LogP contribution in [0, 0.1) is 5.82 Å². The number of carbonyl (C=O) groups is 1. The maximum Gasteiger partial charge on any atom is 0.272 e. The second kappa shape index (κ2) is 6.69. The van der Waals surface area contributed by atoms with Crippen molar-refractivity contribution in [3.05, 3.63) is 65.6 Å². The van der Waals surface area contributed by atoms with Gasteiger partial charge in [0.05, 0.1) is 0 Å². The largest absolute Gasteiger partial charge is 0.351 e. The van der Waals surface area contributed by atoms with E-state index in [1.54, 1.807) is 12.1 Å². The van der Waals surface area contributed by atoms with Crippen LogP contribution in [0.2, 0.25) is 0 Å². The highest BCUT2D eigenvalue weighted by Gasteiger charge is 2.16. The van der Waals surface area contributed by atoms with Gasteiger partial charge in [-0.1, -0.05) is 12.1 Å². The van der Waals surface area contributed by atoms with Crippen molar-refractivity contribution in [1.29, 1.82) is 0 Å². The van der Waals surface area contributed by atoms with Gasteiger partial charge in [-0.25, -0.2) is 4.39 Å². The zero-order valence-electron chi connectivity index (χ0n) is 13.8. The van der Waals surface area contributed by atoms with E-state index >= 15 is 0 Å². The summed E-state index contributed by atoms with van der Waals surface area (Å²) in [7, 11) is 0. The van der Waals surface area contributed by atoms with Crippen molar-refractivity contribution >= 4 is 22.5 Å². The molecule has 0 aliphatic carbocycles. The minimum atomic E-state index is -0.375. The van der Waals surface area contributed by atoms with Crippen molar-refractivity contribution in [1.82, 2.24) is 10.3 Å². The average Bonchev–Trinajstić information content (AvgIpc) is 3.06. The lowest BCUT2D eigenvalue weighted by molar-refractivity contribution is 0.102. The molecule has 5 heteroatoms. The highest BCUT2D eigenvalue weighted by Crippen LogP contribution is 2.27. The topological polar surface area (TPSA) is 56.9 Å². The first-order valence-corrected chi connectivity index (χ1v) is 8.59. The monoisotopic (exact) mass is 337 g/mol. The summed E-state index contributed by atoms with van der Waals surface area (Å²) in [5.41, 5.74) is 3.14. The molecule has 1 aliphatic heterocycles. The number of anilines is 1. The number of piperidine rings is 1. The molecular weight excluding hydrogens is 317 g/mol. The minimum absolute atomic E-state index is 0.275. The predicted octanol–water partition coefficient (Wildman–Crippen LogP) is 4.03. The first-order valence-electron chi connectivity index (χ1n) is 8.59. The first-order chi connectivity index (χ1) is 12.2. The Hall–Kier alpha value is -2.66. The van der Waals surface area contributed by atoms with Gasteiger partial charge in [0.25, 0.3) is 5.91 Å². The van der Waals surface area contributed by atoms with Gasteiger partial charge in [-0.3, -0.25) is 4.79 Å². The summed E-state index contributed by atoms with van der Waals surface area (Å²) in [5.74, 6) is -0.125. The van der Waals surface area contributed by atoms with Crippen molar-refractivity contribution in [3.8, 4) is 0 Å². The van der Waals surface area contributed by atoms with Crippen LogP contribution in [0.5, 0.6) is 0 Å². The highest BCUT2D eigenvalue weighted by molar-refractivity contribution is 6.05. The number of carbonyl (C=O) groups excluding carboxylic acids is 1. The third-order valence-corrected chi connectivity index (χ3v) is 4.74. The van der Waals surface area contributed by atoms with E-state index in [0.29, 0.717) is 17.3 Å². The molecular formula is C20H20FN3O. The number of halogens is 1. The number of amides is 1. The molecule has 3 N–H and O–H groups in total. The Morgan fingerprint density at radius 2 is 2.08 bits per heavy atom. The molecule has 4 rings (SSSR count). The van der Waals surface area contributed by atoms with Crippen molar-refractivity contribution in [2.45, 2.75) is 18.8 Å². The lowest BCUT2D eigenvalue weighted by Gasteiger charge is -2.23. The summed E-state index contributed by atoms with van der Waals surface area (Å²) in [6, 6.07) is 14.0. The third kappa shape index (κ3) is 3.42. The second-order valence-corrected chi connectivity index (χ2v) is 6.54. The molecule has 0 bridgehead atoms. The Morgan fingerprint density at radius 1 is 1.16 bits per heavy atom. The fraction of sp³-hybridized carbons (Fsp3) is 0.250. The van der Waals surface area contributed by atoms with E-state index in [-0.39, 0.29) is 11.7 Å². The SMILES string of the molecule is O=C(Nc1cccc(F)c1)c1cc2cc([C@H]3CCCNC3)ccc2[nH]1. The van der Waals surface area contributed by atoms with Gasteiger partial charge in [0.2, 0.25) is 0 Å². The van der Waals surface area contributed by atoms with Gasteiger partial charge in [-0.15, -0.1) is 0 Å². The number of aromatic amines is 1. The van der Waals surface area contributed by atoms with Crippen LogP contribution in [-0.2, 0) is 0 Å². The molecule has 2 aromatic carbocycles. The van der Waals surface area contributed by atoms with Crippen LogP contribution in [0.3, 0.4) is 0 Å². The number of hydrogen-bond donors (Lipinski definition) is 3. The van der Waals surface area contributed by atoms with Crippen molar-refractivity contribution in [2.24, 2.45) is 0 Å². The summed E-state index contributed by atoms with van der Waals surface area (Å²) >= 11 is 0. The van der Waals surface area contributed by atoms with Crippen LogP contribution >= 0.6 is 0 Å². The second-order valence-electron chi connectivity index (χ2n) is 6.54. The summed E-state index contributed by atoms with van der Waals surface area (Å²) in [6.07, 6.45) is 2.38. The van der Waals surface area contributed by atoms with Gasteiger partial charge in [0, 0.05) is 23.1 Å². The number of H-pyrrole nitrogens is 1. The van der Waals surface area contributed by atoms with Crippen molar-refractivity contribution in [2.75, 3.05) is 18.4 Å². The van der Waals surface area contributed by atoms with Crippen LogP contribution in [0.4, 0.5) is 10.1 Å². The molecule has 1 atom stereocenters. The molecule has 0 radical (unpaired) electrons. The van der Waals surface area contributed by atoms with E-state index in [1.807, 2.05) is 12.1 Å². The standard InChI is InChI=1S/C20H20FN3O/c21-16-4-1-5-17(11-16)23-20(25)19-10-15-9-13(6-7-18(15)24-19)14-3-2-8-22-12-14/h1,4-7,9-11,14,22,24H,2-3,8,12H2,(H,23,25)/t14-/m0/s1. The molecule has 1 saturated heterocycles. The fourth-order valence-corrected chi connectivity index (χ4v) is 3.43. The van der Waals surface area contributed by atoms with Gasteiger partial charge in [-0.05, 0) is 67.3 Å². The molecule has 1 aliphatic rings. The van der Waals surface area contributed by atoms with Gasteiger partial charge in [0.15, 0.2) is 0 Å². The maximum atomic E-state index is 13.2. The molecule has 2 heterocycles. The number of hydrogen-bond acceptors (Lipinski definition) is 2. The molecule has 0 spiro atoms. The fourth-order valence-electron chi connectivity index (χ4n) is 3.43. The zero-order chi connectivity index (χ0) is 17.2. The van der Waals surface area contributed by atoms with Crippen LogP contribution in [0.25, 0.3) is 10.9 Å². The predicted molar refractivity (Wildman–Crippen MR) is 97.5 cm³/mol. The Bertz CT molecular complexity index is 912. The minimum Gasteiger partial charge on any atom is -0.351 e. The van der Waals surface area contributed by atoms with Crippen molar-refractivity contribution in [3.63, 3.8) is 0 Å². The smallest absolute Gasteiger partial charge is 0.272 e. The average molecular weight is 337 g/mol. The summed E-state index contributed by atoms with van der Waals surface area (Å²) < 4.78 is 13.2. The van der Waals surface area contributed by atoms with Gasteiger partial charge in [0.1, 0.15) is 11.5 Å². The van der Waals surface area contributed by atoms with Crippen molar-refractivity contribution < 1.29 is 9.18 Å². The van der Waals surface area contributed by atoms with E-state index in [1.165, 1.54) is 30.5 Å². The Morgan fingerprint density at radius 3 is 2.88 bits per heavy atom. The normalized spacial score (nSPS) is 17.6.